The Hall–Kier alpha value is -3.21. The van der Waals surface area contributed by atoms with Crippen molar-refractivity contribution in [2.45, 2.75) is 58.7 Å². The fraction of sp³-hybridized carbons (Fsp3) is 0.538. The van der Waals surface area contributed by atoms with Crippen LogP contribution in [0.5, 0.6) is 11.5 Å². The average molecular weight is 532 g/mol. The first-order valence-electron chi connectivity index (χ1n) is 12.7. The number of aromatic nitrogens is 3. The smallest absolute Gasteiger partial charge is 0.338 e. The maximum Gasteiger partial charge on any atom is 0.338 e. The molecular weight excluding hydrogens is 494 g/mol. The molecule has 0 fully saturated rings. The Balaban J connectivity index is 1.98. The number of fused-ring (bicyclic) bond motifs is 1. The SMILES string of the molecule is CCCCOC(=O)C1=C(C)Nc2nc(SCC)nn2C1c1ccc(OCC(=O)N(CC)CC)c(OC)c1. The van der Waals surface area contributed by atoms with Gasteiger partial charge in [-0.15, -0.1) is 5.10 Å². The van der Waals surface area contributed by atoms with Gasteiger partial charge < -0.3 is 24.4 Å². The Bertz CT molecular complexity index is 1130. The quantitative estimate of drug-likeness (QED) is 0.230. The molecule has 1 unspecified atom stereocenters. The van der Waals surface area contributed by atoms with Crippen molar-refractivity contribution < 1.29 is 23.8 Å². The van der Waals surface area contributed by atoms with Gasteiger partial charge in [-0.3, -0.25) is 4.79 Å². The summed E-state index contributed by atoms with van der Waals surface area (Å²) in [5.74, 6) is 1.75. The number of carbonyl (C=O) groups excluding carboxylic acids is 2. The molecule has 0 bridgehead atoms. The molecule has 0 spiro atoms. The fourth-order valence-electron chi connectivity index (χ4n) is 4.06. The first-order valence-corrected chi connectivity index (χ1v) is 13.7. The number of methoxy groups -OCH3 is 1. The lowest BCUT2D eigenvalue weighted by Crippen LogP contribution is -2.34. The maximum atomic E-state index is 13.2. The van der Waals surface area contributed by atoms with E-state index in [0.717, 1.165) is 24.2 Å². The van der Waals surface area contributed by atoms with Gasteiger partial charge in [0.2, 0.25) is 11.1 Å². The number of allylic oxidation sites excluding steroid dienone is 1. The normalized spacial score (nSPS) is 14.6. The molecular formula is C26H37N5O5S. The molecule has 1 N–H and O–H groups in total. The molecule has 1 aliphatic heterocycles. The summed E-state index contributed by atoms with van der Waals surface area (Å²) in [6.07, 6.45) is 1.71. The van der Waals surface area contributed by atoms with Gasteiger partial charge in [-0.05, 0) is 50.6 Å². The molecule has 0 saturated heterocycles. The number of likely N-dealkylation sites (N-methyl/N-ethyl adjacent to an activating group) is 1. The molecule has 2 aromatic rings. The van der Waals surface area contributed by atoms with E-state index in [1.807, 2.05) is 40.7 Å². The number of hydrogen-bond donors (Lipinski definition) is 1. The van der Waals surface area contributed by atoms with Gasteiger partial charge in [0.15, 0.2) is 18.1 Å². The minimum atomic E-state index is -0.579. The highest BCUT2D eigenvalue weighted by Crippen LogP contribution is 2.39. The van der Waals surface area contributed by atoms with Crippen molar-refractivity contribution >= 4 is 29.6 Å². The number of ether oxygens (including phenoxy) is 3. The van der Waals surface area contributed by atoms with Gasteiger partial charge in [-0.2, -0.15) is 4.98 Å². The third-order valence-corrected chi connectivity index (χ3v) is 6.75. The molecule has 1 aromatic heterocycles. The van der Waals surface area contributed by atoms with Crippen LogP contribution < -0.4 is 14.8 Å². The molecule has 0 radical (unpaired) electrons. The van der Waals surface area contributed by atoms with Crippen molar-refractivity contribution in [1.82, 2.24) is 19.7 Å². The molecule has 1 atom stereocenters. The van der Waals surface area contributed by atoms with Crippen LogP contribution in [0.1, 0.15) is 59.1 Å². The number of amides is 1. The van der Waals surface area contributed by atoms with Crippen LogP contribution in [0.4, 0.5) is 5.95 Å². The zero-order valence-corrected chi connectivity index (χ0v) is 23.3. The first-order chi connectivity index (χ1) is 17.9. The van der Waals surface area contributed by atoms with Crippen molar-refractivity contribution in [3.63, 3.8) is 0 Å². The van der Waals surface area contributed by atoms with Crippen molar-refractivity contribution in [3.8, 4) is 11.5 Å². The van der Waals surface area contributed by atoms with Gasteiger partial charge in [0, 0.05) is 18.8 Å². The topological polar surface area (TPSA) is 108 Å². The van der Waals surface area contributed by atoms with Crippen LogP contribution in [-0.4, -0.2) is 70.7 Å². The molecule has 0 aliphatic carbocycles. The van der Waals surface area contributed by atoms with Crippen molar-refractivity contribution in [2.24, 2.45) is 0 Å². The van der Waals surface area contributed by atoms with Crippen molar-refractivity contribution in [3.05, 3.63) is 35.0 Å². The van der Waals surface area contributed by atoms with E-state index in [9.17, 15) is 9.59 Å². The number of hydrogen-bond acceptors (Lipinski definition) is 9. The minimum Gasteiger partial charge on any atom is -0.493 e. The third kappa shape index (κ3) is 6.57. The number of benzene rings is 1. The summed E-state index contributed by atoms with van der Waals surface area (Å²) in [7, 11) is 1.54. The lowest BCUT2D eigenvalue weighted by molar-refractivity contribution is -0.139. The molecule has 1 aliphatic rings. The van der Waals surface area contributed by atoms with Gasteiger partial charge in [-0.1, -0.05) is 38.1 Å². The Morgan fingerprint density at radius 3 is 2.57 bits per heavy atom. The van der Waals surface area contributed by atoms with E-state index in [1.165, 1.54) is 11.8 Å². The van der Waals surface area contributed by atoms with E-state index in [2.05, 4.69) is 15.4 Å². The fourth-order valence-corrected chi connectivity index (χ4v) is 4.62. The largest absolute Gasteiger partial charge is 0.493 e. The van der Waals surface area contributed by atoms with Gasteiger partial charge in [0.25, 0.3) is 5.91 Å². The van der Waals surface area contributed by atoms with E-state index in [-0.39, 0.29) is 12.5 Å². The summed E-state index contributed by atoms with van der Waals surface area (Å²) in [6.45, 7) is 11.3. The Labute approximate surface area is 222 Å². The predicted molar refractivity (Wildman–Crippen MR) is 143 cm³/mol. The van der Waals surface area contributed by atoms with Gasteiger partial charge in [0.05, 0.1) is 19.3 Å². The number of unbranched alkanes of at least 4 members (excludes halogenated alkanes) is 1. The number of carbonyl (C=O) groups is 2. The zero-order valence-electron chi connectivity index (χ0n) is 22.5. The van der Waals surface area contributed by atoms with Crippen molar-refractivity contribution in [2.75, 3.05) is 44.5 Å². The van der Waals surface area contributed by atoms with Gasteiger partial charge in [0.1, 0.15) is 6.04 Å². The summed E-state index contributed by atoms with van der Waals surface area (Å²) in [4.78, 5) is 32.0. The summed E-state index contributed by atoms with van der Waals surface area (Å²) in [6, 6.07) is 4.82. The number of thioether (sulfide) groups is 1. The number of anilines is 1. The van der Waals surface area contributed by atoms with Crippen LogP contribution in [-0.2, 0) is 14.3 Å². The minimum absolute atomic E-state index is 0.0937. The number of nitrogens with zero attached hydrogens (tertiary/aromatic N) is 4. The third-order valence-electron chi connectivity index (χ3n) is 6.03. The van der Waals surface area contributed by atoms with Crippen LogP contribution in [0.3, 0.4) is 0 Å². The lowest BCUT2D eigenvalue weighted by Gasteiger charge is -2.28. The van der Waals surface area contributed by atoms with Crippen LogP contribution >= 0.6 is 11.8 Å². The van der Waals surface area contributed by atoms with E-state index >= 15 is 0 Å². The van der Waals surface area contributed by atoms with Gasteiger partial charge >= 0.3 is 5.97 Å². The molecule has 10 nitrogen and oxygen atoms in total. The highest BCUT2D eigenvalue weighted by atomic mass is 32.2. The van der Waals surface area contributed by atoms with Crippen LogP contribution in [0.15, 0.2) is 34.6 Å². The Morgan fingerprint density at radius 2 is 1.92 bits per heavy atom. The summed E-state index contributed by atoms with van der Waals surface area (Å²) in [5.41, 5.74) is 1.86. The van der Waals surface area contributed by atoms with E-state index in [1.54, 1.807) is 28.8 Å². The number of rotatable bonds is 13. The standard InChI is InChI=1S/C26H37N5O5S/c1-7-11-14-35-24(33)22-17(5)27-25-28-26(37-10-4)29-31(25)23(22)18-12-13-19(20(15-18)34-6)36-16-21(32)30(8-2)9-3/h12-13,15,23H,7-11,14,16H2,1-6H3,(H,27,28,29). The highest BCUT2D eigenvalue weighted by molar-refractivity contribution is 7.99. The predicted octanol–water partition coefficient (Wildman–Crippen LogP) is 4.28. The highest BCUT2D eigenvalue weighted by Gasteiger charge is 2.35. The second kappa shape index (κ2) is 13.4. The van der Waals surface area contributed by atoms with Crippen LogP contribution in [0, 0.1) is 0 Å². The Kier molecular flexibility index (Phi) is 10.2. The number of nitrogens with one attached hydrogen (secondary N) is 1. The van der Waals surface area contributed by atoms with E-state index < -0.39 is 12.0 Å². The second-order valence-corrected chi connectivity index (χ2v) is 9.65. The summed E-state index contributed by atoms with van der Waals surface area (Å²) < 4.78 is 18.7. The van der Waals surface area contributed by atoms with Crippen LogP contribution in [0.2, 0.25) is 0 Å². The first kappa shape index (κ1) is 28.4. The summed E-state index contributed by atoms with van der Waals surface area (Å²) in [5, 5.41) is 8.51. The lowest BCUT2D eigenvalue weighted by atomic mass is 9.95. The molecule has 0 saturated carbocycles. The van der Waals surface area contributed by atoms with Gasteiger partial charge in [-0.25, -0.2) is 9.48 Å². The molecule has 37 heavy (non-hydrogen) atoms. The molecule has 1 amide bonds. The molecule has 1 aromatic carbocycles. The average Bonchev–Trinajstić information content (AvgIpc) is 3.29. The zero-order chi connectivity index (χ0) is 26.9. The van der Waals surface area contributed by atoms with Crippen molar-refractivity contribution in [1.29, 1.82) is 0 Å². The molecule has 2 heterocycles. The molecule has 11 heteroatoms. The van der Waals surface area contributed by atoms with E-state index in [0.29, 0.717) is 53.6 Å². The maximum absolute atomic E-state index is 13.2. The van der Waals surface area contributed by atoms with Crippen LogP contribution in [0.25, 0.3) is 0 Å². The monoisotopic (exact) mass is 531 g/mol. The molecule has 202 valence electrons. The summed E-state index contributed by atoms with van der Waals surface area (Å²) >= 11 is 1.52. The Morgan fingerprint density at radius 1 is 1.16 bits per heavy atom. The molecule has 3 rings (SSSR count). The number of esters is 1. The second-order valence-electron chi connectivity index (χ2n) is 8.42. The van der Waals surface area contributed by atoms with E-state index in [4.69, 9.17) is 14.2 Å².